The second-order valence-corrected chi connectivity index (χ2v) is 7.25. The maximum atomic E-state index is 12.9. The third kappa shape index (κ3) is 2.18. The molecular formula is C15H28N2O. The molecule has 0 aromatic heterocycles. The van der Waals surface area contributed by atoms with Crippen molar-refractivity contribution >= 4 is 5.91 Å². The van der Waals surface area contributed by atoms with Crippen LogP contribution >= 0.6 is 0 Å². The van der Waals surface area contributed by atoms with Gasteiger partial charge in [-0.2, -0.15) is 0 Å². The predicted octanol–water partition coefficient (Wildman–Crippen LogP) is 2.54. The molecule has 0 radical (unpaired) electrons. The van der Waals surface area contributed by atoms with Crippen LogP contribution < -0.4 is 5.73 Å². The lowest BCUT2D eigenvalue weighted by Crippen LogP contribution is -2.59. The van der Waals surface area contributed by atoms with Crippen molar-refractivity contribution in [3.05, 3.63) is 0 Å². The van der Waals surface area contributed by atoms with Crippen molar-refractivity contribution in [3.8, 4) is 0 Å². The monoisotopic (exact) mass is 252 g/mol. The Kier molecular flexibility index (Phi) is 3.48. The van der Waals surface area contributed by atoms with Gasteiger partial charge in [-0.15, -0.1) is 0 Å². The van der Waals surface area contributed by atoms with Crippen LogP contribution in [0.4, 0.5) is 0 Å². The summed E-state index contributed by atoms with van der Waals surface area (Å²) in [6.45, 7) is 8.84. The summed E-state index contributed by atoms with van der Waals surface area (Å²) in [4.78, 5) is 15.0. The van der Waals surface area contributed by atoms with Gasteiger partial charge in [0.1, 0.15) is 0 Å². The van der Waals surface area contributed by atoms with E-state index < -0.39 is 11.0 Å². The number of hydrogen-bond donors (Lipinski definition) is 1. The quantitative estimate of drug-likeness (QED) is 0.821. The van der Waals surface area contributed by atoms with Crippen LogP contribution in [0.1, 0.15) is 59.8 Å². The Hall–Kier alpha value is -0.570. The van der Waals surface area contributed by atoms with Crippen molar-refractivity contribution < 1.29 is 4.79 Å². The smallest absolute Gasteiger partial charge is 0.230 e. The highest BCUT2D eigenvalue weighted by molar-refractivity contribution is 5.84. The molecule has 2 unspecified atom stereocenters. The van der Waals surface area contributed by atoms with Gasteiger partial charge in [0.15, 0.2) is 0 Å². The van der Waals surface area contributed by atoms with E-state index in [-0.39, 0.29) is 5.91 Å². The third-order valence-electron chi connectivity index (χ3n) is 5.40. The van der Waals surface area contributed by atoms with E-state index in [1.807, 2.05) is 27.7 Å². The van der Waals surface area contributed by atoms with Gasteiger partial charge in [0.2, 0.25) is 5.91 Å². The first-order valence-electron chi connectivity index (χ1n) is 7.35. The average Bonchev–Trinajstić information content (AvgIpc) is 2.73. The van der Waals surface area contributed by atoms with Gasteiger partial charge in [0.05, 0.1) is 5.41 Å². The fraction of sp³-hybridized carbons (Fsp3) is 0.933. The van der Waals surface area contributed by atoms with Crippen LogP contribution in [0.5, 0.6) is 0 Å². The SMILES string of the molecule is CC(C)(N)C(C)(C)C(=O)N1CCCC2CCCC21. The zero-order chi connectivity index (χ0) is 13.6. The molecule has 1 saturated carbocycles. The van der Waals surface area contributed by atoms with E-state index in [0.717, 1.165) is 18.9 Å². The Morgan fingerprint density at radius 2 is 1.72 bits per heavy atom. The van der Waals surface area contributed by atoms with E-state index in [1.165, 1.54) is 25.7 Å². The molecule has 0 aromatic rings. The molecule has 1 saturated heterocycles. The number of carbonyl (C=O) groups excluding carboxylic acids is 1. The summed E-state index contributed by atoms with van der Waals surface area (Å²) in [5.41, 5.74) is 5.25. The fourth-order valence-corrected chi connectivity index (χ4v) is 3.34. The van der Waals surface area contributed by atoms with Crippen molar-refractivity contribution in [1.82, 2.24) is 4.90 Å². The highest BCUT2D eigenvalue weighted by atomic mass is 16.2. The minimum absolute atomic E-state index is 0.256. The molecule has 0 spiro atoms. The number of hydrogen-bond acceptors (Lipinski definition) is 2. The molecule has 18 heavy (non-hydrogen) atoms. The normalized spacial score (nSPS) is 29.3. The fourth-order valence-electron chi connectivity index (χ4n) is 3.34. The molecule has 2 N–H and O–H groups in total. The van der Waals surface area contributed by atoms with E-state index in [9.17, 15) is 4.79 Å². The molecule has 2 rings (SSSR count). The molecule has 0 bridgehead atoms. The zero-order valence-corrected chi connectivity index (χ0v) is 12.3. The van der Waals surface area contributed by atoms with Gasteiger partial charge in [0.25, 0.3) is 0 Å². The van der Waals surface area contributed by atoms with Crippen molar-refractivity contribution in [2.45, 2.75) is 71.4 Å². The molecule has 1 heterocycles. The molecule has 3 heteroatoms. The maximum Gasteiger partial charge on any atom is 0.230 e. The van der Waals surface area contributed by atoms with Gasteiger partial charge in [0, 0.05) is 18.1 Å². The number of likely N-dealkylation sites (tertiary alicyclic amines) is 1. The molecule has 3 nitrogen and oxygen atoms in total. The summed E-state index contributed by atoms with van der Waals surface area (Å²) in [5.74, 6) is 1.01. The first-order valence-corrected chi connectivity index (χ1v) is 7.35. The molecule has 1 aliphatic carbocycles. The van der Waals surface area contributed by atoms with E-state index >= 15 is 0 Å². The number of fused-ring (bicyclic) bond motifs is 1. The van der Waals surface area contributed by atoms with Gasteiger partial charge in [-0.1, -0.05) is 6.42 Å². The van der Waals surface area contributed by atoms with E-state index in [4.69, 9.17) is 5.73 Å². The lowest BCUT2D eigenvalue weighted by Gasteiger charge is -2.45. The van der Waals surface area contributed by atoms with Gasteiger partial charge < -0.3 is 10.6 Å². The zero-order valence-electron chi connectivity index (χ0n) is 12.3. The Morgan fingerprint density at radius 3 is 2.33 bits per heavy atom. The number of carbonyl (C=O) groups is 1. The number of nitrogens with two attached hydrogens (primary N) is 1. The van der Waals surface area contributed by atoms with Crippen molar-refractivity contribution in [3.63, 3.8) is 0 Å². The molecule has 2 aliphatic rings. The summed E-state index contributed by atoms with van der Waals surface area (Å²) in [5, 5.41) is 0. The molecule has 1 amide bonds. The van der Waals surface area contributed by atoms with Crippen LogP contribution in [0, 0.1) is 11.3 Å². The summed E-state index contributed by atoms with van der Waals surface area (Å²) in [7, 11) is 0. The van der Waals surface area contributed by atoms with Crippen molar-refractivity contribution in [1.29, 1.82) is 0 Å². The van der Waals surface area contributed by atoms with E-state index in [0.29, 0.717) is 6.04 Å². The summed E-state index contributed by atoms with van der Waals surface area (Å²) in [6, 6.07) is 0.493. The Labute approximate surface area is 111 Å². The van der Waals surface area contributed by atoms with Gasteiger partial charge in [-0.3, -0.25) is 4.79 Å². The van der Waals surface area contributed by atoms with Crippen LogP contribution in [0.25, 0.3) is 0 Å². The third-order valence-corrected chi connectivity index (χ3v) is 5.40. The highest BCUT2D eigenvalue weighted by Gasteiger charge is 2.47. The topological polar surface area (TPSA) is 46.3 Å². The van der Waals surface area contributed by atoms with E-state index in [2.05, 4.69) is 4.90 Å². The summed E-state index contributed by atoms with van der Waals surface area (Å²) < 4.78 is 0. The average molecular weight is 252 g/mol. The Balaban J connectivity index is 2.18. The number of nitrogens with zero attached hydrogens (tertiary/aromatic N) is 1. The number of rotatable bonds is 2. The highest BCUT2D eigenvalue weighted by Crippen LogP contribution is 2.40. The van der Waals surface area contributed by atoms with Crippen molar-refractivity contribution in [2.24, 2.45) is 17.1 Å². The predicted molar refractivity (Wildman–Crippen MR) is 74.1 cm³/mol. The molecule has 0 aromatic carbocycles. The maximum absolute atomic E-state index is 12.9. The number of amides is 1. The van der Waals surface area contributed by atoms with E-state index in [1.54, 1.807) is 0 Å². The summed E-state index contributed by atoms with van der Waals surface area (Å²) >= 11 is 0. The standard InChI is InChI=1S/C15H28N2O/c1-14(2,15(3,4)16)13(18)17-10-6-8-11-7-5-9-12(11)17/h11-12H,5-10,16H2,1-4H3. The van der Waals surface area contributed by atoms with Gasteiger partial charge >= 0.3 is 0 Å². The molecule has 2 atom stereocenters. The van der Waals surface area contributed by atoms with Crippen LogP contribution in [0.15, 0.2) is 0 Å². The minimum atomic E-state index is -0.489. The lowest BCUT2D eigenvalue weighted by molar-refractivity contribution is -0.148. The van der Waals surface area contributed by atoms with Crippen LogP contribution in [0.3, 0.4) is 0 Å². The van der Waals surface area contributed by atoms with Gasteiger partial charge in [-0.25, -0.2) is 0 Å². The van der Waals surface area contributed by atoms with Crippen molar-refractivity contribution in [2.75, 3.05) is 6.54 Å². The van der Waals surface area contributed by atoms with Gasteiger partial charge in [-0.05, 0) is 59.3 Å². The summed E-state index contributed by atoms with van der Waals surface area (Å²) in [6.07, 6.45) is 6.25. The molecular weight excluding hydrogens is 224 g/mol. The Morgan fingerprint density at radius 1 is 1.11 bits per heavy atom. The molecule has 2 fully saturated rings. The van der Waals surface area contributed by atoms with Crippen LogP contribution in [0.2, 0.25) is 0 Å². The lowest BCUT2D eigenvalue weighted by atomic mass is 9.73. The molecule has 1 aliphatic heterocycles. The molecule has 104 valence electrons. The second kappa shape index (κ2) is 4.52. The van der Waals surface area contributed by atoms with Crippen LogP contribution in [-0.4, -0.2) is 28.9 Å². The first kappa shape index (κ1) is 13.9. The minimum Gasteiger partial charge on any atom is -0.339 e. The van der Waals surface area contributed by atoms with Crippen LogP contribution in [-0.2, 0) is 4.79 Å². The second-order valence-electron chi connectivity index (χ2n) is 7.25. The first-order chi connectivity index (χ1) is 8.25. The Bertz CT molecular complexity index is 330. The number of piperidine rings is 1. The largest absolute Gasteiger partial charge is 0.339 e.